The SMILES string of the molecule is COc1ccc(S(=O)(=O)NCC(=O)Nc2ccc(Br)c(C)c2)cc1. The molecule has 0 heterocycles. The molecule has 2 N–H and O–H groups in total. The van der Waals surface area contributed by atoms with E-state index in [1.807, 2.05) is 13.0 Å². The number of hydrogen-bond acceptors (Lipinski definition) is 4. The van der Waals surface area contributed by atoms with Crippen molar-refractivity contribution in [3.63, 3.8) is 0 Å². The molecule has 0 aliphatic heterocycles. The van der Waals surface area contributed by atoms with Crippen molar-refractivity contribution in [3.8, 4) is 5.75 Å². The van der Waals surface area contributed by atoms with Crippen LogP contribution in [0.4, 0.5) is 5.69 Å². The summed E-state index contributed by atoms with van der Waals surface area (Å²) in [6.45, 7) is 1.54. The number of carbonyl (C=O) groups is 1. The molecule has 0 saturated carbocycles. The number of benzene rings is 2. The standard InChI is InChI=1S/C16H17BrN2O4S/c1-11-9-12(3-8-15(11)17)19-16(20)10-18-24(21,22)14-6-4-13(23-2)5-7-14/h3-9,18H,10H2,1-2H3,(H,19,20). The fourth-order valence-electron chi connectivity index (χ4n) is 1.93. The van der Waals surface area contributed by atoms with Crippen LogP contribution in [-0.4, -0.2) is 28.0 Å². The summed E-state index contributed by atoms with van der Waals surface area (Å²) in [5.74, 6) is 0.103. The molecular weight excluding hydrogens is 396 g/mol. The quantitative estimate of drug-likeness (QED) is 0.763. The Morgan fingerprint density at radius 2 is 1.83 bits per heavy atom. The zero-order chi connectivity index (χ0) is 17.7. The first-order valence-corrected chi connectivity index (χ1v) is 9.29. The van der Waals surface area contributed by atoms with E-state index in [0.29, 0.717) is 11.4 Å². The maximum Gasteiger partial charge on any atom is 0.241 e. The lowest BCUT2D eigenvalue weighted by Crippen LogP contribution is -2.32. The average Bonchev–Trinajstić information content (AvgIpc) is 2.56. The highest BCUT2D eigenvalue weighted by molar-refractivity contribution is 9.10. The minimum absolute atomic E-state index is 0.0654. The van der Waals surface area contributed by atoms with Crippen LogP contribution in [0.3, 0.4) is 0 Å². The number of anilines is 1. The Kier molecular flexibility index (Phi) is 5.98. The number of halogens is 1. The zero-order valence-electron chi connectivity index (χ0n) is 13.2. The topological polar surface area (TPSA) is 84.5 Å². The van der Waals surface area contributed by atoms with Crippen LogP contribution >= 0.6 is 15.9 Å². The molecule has 0 spiro atoms. The molecular formula is C16H17BrN2O4S. The van der Waals surface area contributed by atoms with Crippen molar-refractivity contribution >= 4 is 37.5 Å². The van der Waals surface area contributed by atoms with E-state index in [1.54, 1.807) is 24.3 Å². The van der Waals surface area contributed by atoms with Gasteiger partial charge in [-0.1, -0.05) is 15.9 Å². The smallest absolute Gasteiger partial charge is 0.241 e. The van der Waals surface area contributed by atoms with Crippen LogP contribution in [-0.2, 0) is 14.8 Å². The van der Waals surface area contributed by atoms with Crippen molar-refractivity contribution in [3.05, 3.63) is 52.5 Å². The van der Waals surface area contributed by atoms with E-state index < -0.39 is 15.9 Å². The summed E-state index contributed by atoms with van der Waals surface area (Å²) in [5, 5.41) is 2.65. The van der Waals surface area contributed by atoms with Gasteiger partial charge in [-0.15, -0.1) is 0 Å². The second-order valence-corrected chi connectivity index (χ2v) is 7.63. The van der Waals surface area contributed by atoms with Gasteiger partial charge in [0.15, 0.2) is 0 Å². The van der Waals surface area contributed by atoms with E-state index in [1.165, 1.54) is 19.2 Å². The third-order valence-corrected chi connectivity index (χ3v) is 5.54. The Balaban J connectivity index is 1.97. The van der Waals surface area contributed by atoms with Crippen molar-refractivity contribution in [1.82, 2.24) is 4.72 Å². The fraction of sp³-hybridized carbons (Fsp3) is 0.188. The molecule has 1 amide bonds. The van der Waals surface area contributed by atoms with Gasteiger partial charge >= 0.3 is 0 Å². The maximum absolute atomic E-state index is 12.1. The van der Waals surface area contributed by atoms with Crippen molar-refractivity contribution in [2.45, 2.75) is 11.8 Å². The molecule has 128 valence electrons. The van der Waals surface area contributed by atoms with Gasteiger partial charge in [0.05, 0.1) is 18.6 Å². The van der Waals surface area contributed by atoms with E-state index >= 15 is 0 Å². The monoisotopic (exact) mass is 412 g/mol. The fourth-order valence-corrected chi connectivity index (χ4v) is 3.16. The number of methoxy groups -OCH3 is 1. The first-order chi connectivity index (χ1) is 11.3. The van der Waals surface area contributed by atoms with Gasteiger partial charge in [0.1, 0.15) is 5.75 Å². The van der Waals surface area contributed by atoms with Crippen LogP contribution in [0.2, 0.25) is 0 Å². The van der Waals surface area contributed by atoms with Crippen molar-refractivity contribution in [1.29, 1.82) is 0 Å². The van der Waals surface area contributed by atoms with E-state index in [2.05, 4.69) is 26.0 Å². The Labute approximate surface area is 149 Å². The van der Waals surface area contributed by atoms with Gasteiger partial charge in [-0.25, -0.2) is 13.1 Å². The van der Waals surface area contributed by atoms with Gasteiger partial charge in [0, 0.05) is 10.2 Å². The maximum atomic E-state index is 12.1. The van der Waals surface area contributed by atoms with Gasteiger partial charge in [-0.05, 0) is 55.0 Å². The Bertz CT molecular complexity index is 836. The van der Waals surface area contributed by atoms with Gasteiger partial charge in [0.25, 0.3) is 0 Å². The molecule has 0 aromatic heterocycles. The average molecular weight is 413 g/mol. The number of hydrogen-bond donors (Lipinski definition) is 2. The second kappa shape index (κ2) is 7.78. The van der Waals surface area contributed by atoms with Gasteiger partial charge in [0.2, 0.25) is 15.9 Å². The Morgan fingerprint density at radius 3 is 2.42 bits per heavy atom. The summed E-state index contributed by atoms with van der Waals surface area (Å²) >= 11 is 3.38. The molecule has 2 aromatic carbocycles. The highest BCUT2D eigenvalue weighted by Gasteiger charge is 2.15. The van der Waals surface area contributed by atoms with Gasteiger partial charge in [-0.2, -0.15) is 0 Å². The number of amides is 1. The molecule has 0 atom stereocenters. The first kappa shape index (κ1) is 18.4. The highest BCUT2D eigenvalue weighted by atomic mass is 79.9. The number of ether oxygens (including phenoxy) is 1. The minimum atomic E-state index is -3.76. The van der Waals surface area contributed by atoms with Crippen molar-refractivity contribution < 1.29 is 17.9 Å². The molecule has 0 fully saturated rings. The van der Waals surface area contributed by atoms with E-state index in [-0.39, 0.29) is 11.4 Å². The van der Waals surface area contributed by atoms with Crippen LogP contribution in [0.25, 0.3) is 0 Å². The molecule has 6 nitrogen and oxygen atoms in total. The molecule has 8 heteroatoms. The largest absolute Gasteiger partial charge is 0.497 e. The van der Waals surface area contributed by atoms with Crippen LogP contribution in [0, 0.1) is 6.92 Å². The third-order valence-electron chi connectivity index (χ3n) is 3.23. The molecule has 0 aliphatic carbocycles. The summed E-state index contributed by atoms with van der Waals surface area (Å²) in [5.41, 5.74) is 1.57. The lowest BCUT2D eigenvalue weighted by Gasteiger charge is -2.09. The minimum Gasteiger partial charge on any atom is -0.497 e. The predicted molar refractivity (Wildman–Crippen MR) is 95.7 cm³/mol. The molecule has 0 radical (unpaired) electrons. The Hall–Kier alpha value is -1.90. The van der Waals surface area contributed by atoms with Crippen molar-refractivity contribution in [2.24, 2.45) is 0 Å². The summed E-state index contributed by atoms with van der Waals surface area (Å²) in [6.07, 6.45) is 0. The first-order valence-electron chi connectivity index (χ1n) is 7.01. The molecule has 0 bridgehead atoms. The van der Waals surface area contributed by atoms with Crippen LogP contribution < -0.4 is 14.8 Å². The molecule has 2 aromatic rings. The lowest BCUT2D eigenvalue weighted by molar-refractivity contribution is -0.115. The van der Waals surface area contributed by atoms with E-state index in [0.717, 1.165) is 10.0 Å². The highest BCUT2D eigenvalue weighted by Crippen LogP contribution is 2.20. The number of rotatable bonds is 6. The molecule has 0 unspecified atom stereocenters. The normalized spacial score (nSPS) is 11.1. The van der Waals surface area contributed by atoms with Gasteiger partial charge in [-0.3, -0.25) is 4.79 Å². The molecule has 24 heavy (non-hydrogen) atoms. The lowest BCUT2D eigenvalue weighted by atomic mass is 10.2. The summed E-state index contributed by atoms with van der Waals surface area (Å²) in [7, 11) is -2.27. The summed E-state index contributed by atoms with van der Waals surface area (Å²) in [4.78, 5) is 12.0. The Morgan fingerprint density at radius 1 is 1.17 bits per heavy atom. The van der Waals surface area contributed by atoms with E-state index in [9.17, 15) is 13.2 Å². The third kappa shape index (κ3) is 4.80. The van der Waals surface area contributed by atoms with Crippen LogP contribution in [0.5, 0.6) is 5.75 Å². The summed E-state index contributed by atoms with van der Waals surface area (Å²) in [6, 6.07) is 11.2. The molecule has 0 aliphatic rings. The zero-order valence-corrected chi connectivity index (χ0v) is 15.6. The van der Waals surface area contributed by atoms with Crippen molar-refractivity contribution in [2.75, 3.05) is 19.0 Å². The predicted octanol–water partition coefficient (Wildman–Crippen LogP) is 2.68. The summed E-state index contributed by atoms with van der Waals surface area (Å²) < 4.78 is 32.5. The number of nitrogens with one attached hydrogen (secondary N) is 2. The van der Waals surface area contributed by atoms with Gasteiger partial charge < -0.3 is 10.1 Å². The number of aryl methyl sites for hydroxylation is 1. The molecule has 2 rings (SSSR count). The second-order valence-electron chi connectivity index (χ2n) is 5.01. The van der Waals surface area contributed by atoms with Crippen LogP contribution in [0.1, 0.15) is 5.56 Å². The van der Waals surface area contributed by atoms with E-state index in [4.69, 9.17) is 4.74 Å². The van der Waals surface area contributed by atoms with Crippen LogP contribution in [0.15, 0.2) is 51.8 Å². The molecule has 0 saturated heterocycles. The number of sulfonamides is 1. The number of carbonyl (C=O) groups excluding carboxylic acids is 1.